The predicted molar refractivity (Wildman–Crippen MR) is 82.2 cm³/mol. The highest BCUT2D eigenvalue weighted by Crippen LogP contribution is 2.19. The molecule has 3 rings (SSSR count). The molecule has 8 heteroatoms. The third-order valence-corrected chi connectivity index (χ3v) is 3.18. The van der Waals surface area contributed by atoms with Gasteiger partial charge in [-0.15, -0.1) is 0 Å². The van der Waals surface area contributed by atoms with Crippen molar-refractivity contribution in [2.24, 2.45) is 0 Å². The molecule has 0 saturated carbocycles. The molecule has 0 radical (unpaired) electrons. The zero-order valence-electron chi connectivity index (χ0n) is 12.7. The molecule has 1 aromatic carbocycles. The van der Waals surface area contributed by atoms with E-state index in [1.165, 1.54) is 36.2 Å². The average Bonchev–Trinajstić information content (AvgIpc) is 3.05. The minimum atomic E-state index is -1.13. The van der Waals surface area contributed by atoms with Crippen LogP contribution in [0.1, 0.15) is 16.2 Å². The van der Waals surface area contributed by atoms with Gasteiger partial charge in [0, 0.05) is 24.9 Å². The summed E-state index contributed by atoms with van der Waals surface area (Å²) in [5.74, 6) is -0.873. The van der Waals surface area contributed by atoms with Crippen LogP contribution in [0.25, 0.3) is 17.2 Å². The summed E-state index contributed by atoms with van der Waals surface area (Å²) in [5, 5.41) is 12.9. The monoisotopic (exact) mass is 328 g/mol. The Morgan fingerprint density at radius 3 is 2.79 bits per heavy atom. The van der Waals surface area contributed by atoms with Gasteiger partial charge < -0.3 is 9.84 Å². The lowest BCUT2D eigenvalue weighted by Crippen LogP contribution is -2.06. The fourth-order valence-electron chi connectivity index (χ4n) is 2.14. The molecule has 0 saturated heterocycles. The van der Waals surface area contributed by atoms with E-state index in [0.717, 1.165) is 0 Å². The van der Waals surface area contributed by atoms with Gasteiger partial charge in [0.15, 0.2) is 17.3 Å². The van der Waals surface area contributed by atoms with Gasteiger partial charge in [0.05, 0.1) is 12.3 Å². The minimum absolute atomic E-state index is 0.103. The Morgan fingerprint density at radius 2 is 2.12 bits per heavy atom. The normalized spacial score (nSPS) is 10.8. The van der Waals surface area contributed by atoms with Gasteiger partial charge in [-0.1, -0.05) is 12.1 Å². The van der Waals surface area contributed by atoms with Crippen LogP contribution >= 0.6 is 0 Å². The van der Waals surface area contributed by atoms with Crippen LogP contribution in [0.5, 0.6) is 0 Å². The number of carboxylic acids is 1. The number of carboxylic acid groups (broad SMARTS) is 1. The minimum Gasteiger partial charge on any atom is -0.476 e. The van der Waals surface area contributed by atoms with Crippen molar-refractivity contribution >= 4 is 5.97 Å². The highest BCUT2D eigenvalue weighted by molar-refractivity contribution is 5.85. The Balaban J connectivity index is 2.10. The first-order chi connectivity index (χ1) is 11.6. The Morgan fingerprint density at radius 1 is 1.29 bits per heavy atom. The van der Waals surface area contributed by atoms with Gasteiger partial charge >= 0.3 is 5.97 Å². The molecule has 0 fully saturated rings. The van der Waals surface area contributed by atoms with E-state index in [4.69, 9.17) is 9.84 Å². The van der Waals surface area contributed by atoms with Crippen molar-refractivity contribution in [2.45, 2.75) is 6.61 Å². The van der Waals surface area contributed by atoms with E-state index < -0.39 is 11.8 Å². The molecular formula is C16H13FN4O3. The number of nitrogens with zero attached hydrogens (tertiary/aromatic N) is 4. The van der Waals surface area contributed by atoms with Gasteiger partial charge in [0.1, 0.15) is 5.82 Å². The number of carbonyl (C=O) groups is 1. The molecular weight excluding hydrogens is 315 g/mol. The number of hydrogen-bond acceptors (Lipinski definition) is 5. The first kappa shape index (κ1) is 15.8. The molecule has 7 nitrogen and oxygen atoms in total. The number of rotatable bonds is 5. The number of halogens is 1. The maximum atomic E-state index is 13.5. The van der Waals surface area contributed by atoms with Gasteiger partial charge in [0.2, 0.25) is 0 Å². The van der Waals surface area contributed by atoms with Gasteiger partial charge in [0.25, 0.3) is 0 Å². The van der Waals surface area contributed by atoms with Crippen molar-refractivity contribution in [2.75, 3.05) is 7.11 Å². The standard InChI is InChI=1S/C16H13FN4O3/c1-24-9-12-8-14(21-6-5-13(20-21)16(22)23)19-15(18-12)10-3-2-4-11(17)7-10/h2-8H,9H2,1H3,(H,22,23). The summed E-state index contributed by atoms with van der Waals surface area (Å²) in [4.78, 5) is 19.7. The van der Waals surface area contributed by atoms with Crippen LogP contribution < -0.4 is 0 Å². The summed E-state index contributed by atoms with van der Waals surface area (Å²) in [5.41, 5.74) is 0.961. The number of aromatic carboxylic acids is 1. The first-order valence-electron chi connectivity index (χ1n) is 6.99. The third kappa shape index (κ3) is 3.28. The number of hydrogen-bond donors (Lipinski definition) is 1. The zero-order chi connectivity index (χ0) is 17.1. The van der Waals surface area contributed by atoms with Crippen LogP contribution in [-0.2, 0) is 11.3 Å². The molecule has 0 aliphatic rings. The van der Waals surface area contributed by atoms with Crippen molar-refractivity contribution in [3.05, 3.63) is 59.8 Å². The van der Waals surface area contributed by atoms with E-state index in [2.05, 4.69) is 15.1 Å². The predicted octanol–water partition coefficient (Wildman–Crippen LogP) is 2.31. The highest BCUT2D eigenvalue weighted by atomic mass is 19.1. The maximum absolute atomic E-state index is 13.5. The van der Waals surface area contributed by atoms with Crippen LogP contribution in [0.2, 0.25) is 0 Å². The highest BCUT2D eigenvalue weighted by Gasteiger charge is 2.12. The topological polar surface area (TPSA) is 90.1 Å². The molecule has 24 heavy (non-hydrogen) atoms. The number of ether oxygens (including phenoxy) is 1. The Labute approximate surface area is 136 Å². The van der Waals surface area contributed by atoms with Crippen molar-refractivity contribution in [1.82, 2.24) is 19.7 Å². The molecule has 0 bridgehead atoms. The van der Waals surface area contributed by atoms with E-state index in [9.17, 15) is 9.18 Å². The number of methoxy groups -OCH3 is 1. The molecule has 2 aromatic heterocycles. The summed E-state index contributed by atoms with van der Waals surface area (Å²) < 4.78 is 19.9. The molecule has 3 aromatic rings. The van der Waals surface area contributed by atoms with Crippen molar-refractivity contribution in [3.8, 4) is 17.2 Å². The zero-order valence-corrected chi connectivity index (χ0v) is 12.7. The largest absolute Gasteiger partial charge is 0.476 e. The molecule has 0 spiro atoms. The van der Waals surface area contributed by atoms with Crippen molar-refractivity contribution < 1.29 is 19.0 Å². The second kappa shape index (κ2) is 6.55. The van der Waals surface area contributed by atoms with E-state index >= 15 is 0 Å². The smallest absolute Gasteiger partial charge is 0.356 e. The van der Waals surface area contributed by atoms with Gasteiger partial charge in [-0.05, 0) is 18.2 Å². The maximum Gasteiger partial charge on any atom is 0.356 e. The van der Waals surface area contributed by atoms with Crippen LogP contribution in [-0.4, -0.2) is 37.9 Å². The Kier molecular flexibility index (Phi) is 4.30. The lowest BCUT2D eigenvalue weighted by molar-refractivity contribution is 0.0690. The molecule has 0 atom stereocenters. The van der Waals surface area contributed by atoms with E-state index in [0.29, 0.717) is 22.9 Å². The van der Waals surface area contributed by atoms with Gasteiger partial charge in [-0.2, -0.15) is 5.10 Å². The Hall–Kier alpha value is -3.13. The SMILES string of the molecule is COCc1cc(-n2ccc(C(=O)O)n2)nc(-c2cccc(F)c2)n1. The van der Waals surface area contributed by atoms with E-state index in [1.54, 1.807) is 18.2 Å². The van der Waals surface area contributed by atoms with E-state index in [-0.39, 0.29) is 12.3 Å². The van der Waals surface area contributed by atoms with Crippen molar-refractivity contribution in [1.29, 1.82) is 0 Å². The first-order valence-corrected chi connectivity index (χ1v) is 6.99. The number of aromatic nitrogens is 4. The quantitative estimate of drug-likeness (QED) is 0.773. The molecule has 0 aliphatic heterocycles. The average molecular weight is 328 g/mol. The van der Waals surface area contributed by atoms with Gasteiger partial charge in [-0.25, -0.2) is 23.8 Å². The summed E-state index contributed by atoms with van der Waals surface area (Å²) in [6.45, 7) is 0.227. The molecule has 0 amide bonds. The lowest BCUT2D eigenvalue weighted by atomic mass is 10.2. The second-order valence-corrected chi connectivity index (χ2v) is 4.94. The second-order valence-electron chi connectivity index (χ2n) is 4.94. The Bertz CT molecular complexity index is 895. The number of benzene rings is 1. The van der Waals surface area contributed by atoms with E-state index in [1.807, 2.05) is 0 Å². The van der Waals surface area contributed by atoms with Crippen LogP contribution in [0.15, 0.2) is 42.6 Å². The summed E-state index contributed by atoms with van der Waals surface area (Å²) in [6.07, 6.45) is 1.48. The molecule has 0 unspecified atom stereocenters. The van der Waals surface area contributed by atoms with Crippen LogP contribution in [0.4, 0.5) is 4.39 Å². The molecule has 122 valence electrons. The summed E-state index contributed by atoms with van der Waals surface area (Å²) in [7, 11) is 1.53. The van der Waals surface area contributed by atoms with Crippen LogP contribution in [0, 0.1) is 5.82 Å². The molecule has 0 aliphatic carbocycles. The third-order valence-electron chi connectivity index (χ3n) is 3.18. The fraction of sp³-hybridized carbons (Fsp3) is 0.125. The lowest BCUT2D eigenvalue weighted by Gasteiger charge is -2.08. The summed E-state index contributed by atoms with van der Waals surface area (Å²) in [6, 6.07) is 8.89. The summed E-state index contributed by atoms with van der Waals surface area (Å²) >= 11 is 0. The van der Waals surface area contributed by atoms with Gasteiger partial charge in [-0.3, -0.25) is 0 Å². The van der Waals surface area contributed by atoms with Crippen molar-refractivity contribution in [3.63, 3.8) is 0 Å². The molecule has 2 heterocycles. The fourth-order valence-corrected chi connectivity index (χ4v) is 2.14. The van der Waals surface area contributed by atoms with Crippen LogP contribution in [0.3, 0.4) is 0 Å². The molecule has 1 N–H and O–H groups in total.